The van der Waals surface area contributed by atoms with Gasteiger partial charge in [0.1, 0.15) is 0 Å². The Morgan fingerprint density at radius 1 is 1.41 bits per heavy atom. The summed E-state index contributed by atoms with van der Waals surface area (Å²) >= 11 is 0. The molecule has 0 bridgehead atoms. The van der Waals surface area contributed by atoms with Crippen LogP contribution in [-0.4, -0.2) is 54.1 Å². The van der Waals surface area contributed by atoms with Gasteiger partial charge in [-0.1, -0.05) is 0 Å². The third-order valence-electron chi connectivity index (χ3n) is 2.97. The molecule has 0 saturated carbocycles. The zero-order valence-electron chi connectivity index (χ0n) is 10.1. The second-order valence-electron chi connectivity index (χ2n) is 4.33. The summed E-state index contributed by atoms with van der Waals surface area (Å²) in [6.45, 7) is 7.16. The number of hydrogen-bond acceptors (Lipinski definition) is 5. The van der Waals surface area contributed by atoms with Gasteiger partial charge in [0.05, 0.1) is 0 Å². The van der Waals surface area contributed by atoms with Crippen LogP contribution in [0, 0.1) is 6.92 Å². The molecule has 17 heavy (non-hydrogen) atoms. The third kappa shape index (κ3) is 3.04. The summed E-state index contributed by atoms with van der Waals surface area (Å²) in [5, 5.41) is 0. The fourth-order valence-corrected chi connectivity index (χ4v) is 2.08. The van der Waals surface area contributed by atoms with Crippen LogP contribution in [0.15, 0.2) is 10.9 Å². The predicted octanol–water partition coefficient (Wildman–Crippen LogP) is -0.841. The van der Waals surface area contributed by atoms with Gasteiger partial charge in [0.15, 0.2) is 0 Å². The van der Waals surface area contributed by atoms with Gasteiger partial charge in [0.25, 0.3) is 5.56 Å². The molecule has 1 saturated heterocycles. The molecule has 6 nitrogen and oxygen atoms in total. The normalized spacial score (nSPS) is 17.4. The summed E-state index contributed by atoms with van der Waals surface area (Å²) in [5.41, 5.74) is 6.20. The van der Waals surface area contributed by atoms with Crippen LogP contribution >= 0.6 is 0 Å². The highest BCUT2D eigenvalue weighted by atomic mass is 16.1. The fraction of sp³-hybridized carbons (Fsp3) is 0.636. The van der Waals surface area contributed by atoms with Crippen molar-refractivity contribution in [3.05, 3.63) is 22.1 Å². The Hall–Kier alpha value is -1.40. The molecule has 1 aromatic heterocycles. The predicted molar refractivity (Wildman–Crippen MR) is 67.3 cm³/mol. The van der Waals surface area contributed by atoms with E-state index in [0.717, 1.165) is 38.4 Å². The molecule has 6 heteroatoms. The maximum atomic E-state index is 11.4. The average molecular weight is 237 g/mol. The van der Waals surface area contributed by atoms with Gasteiger partial charge in [-0.2, -0.15) is 0 Å². The van der Waals surface area contributed by atoms with E-state index in [1.54, 1.807) is 0 Å². The van der Waals surface area contributed by atoms with Crippen LogP contribution in [0.2, 0.25) is 0 Å². The SMILES string of the molecule is Cc1cc(=O)[nH]c(N2CCN(CCN)CC2)n1. The van der Waals surface area contributed by atoms with Crippen LogP contribution in [-0.2, 0) is 0 Å². The van der Waals surface area contributed by atoms with Crippen LogP contribution in [0.3, 0.4) is 0 Å². The van der Waals surface area contributed by atoms with Crippen LogP contribution in [0.25, 0.3) is 0 Å². The summed E-state index contributed by atoms with van der Waals surface area (Å²) in [7, 11) is 0. The Bertz CT molecular complexity index is 422. The quantitative estimate of drug-likeness (QED) is 0.716. The largest absolute Gasteiger partial charge is 0.340 e. The number of anilines is 1. The van der Waals surface area contributed by atoms with Crippen molar-refractivity contribution in [2.24, 2.45) is 5.73 Å². The first-order chi connectivity index (χ1) is 8.19. The van der Waals surface area contributed by atoms with E-state index in [1.807, 2.05) is 6.92 Å². The molecular weight excluding hydrogens is 218 g/mol. The van der Waals surface area contributed by atoms with E-state index < -0.39 is 0 Å². The number of rotatable bonds is 3. The molecule has 3 N–H and O–H groups in total. The van der Waals surface area contributed by atoms with E-state index in [1.165, 1.54) is 6.07 Å². The smallest absolute Gasteiger partial charge is 0.252 e. The number of hydrogen-bond donors (Lipinski definition) is 2. The molecule has 0 spiro atoms. The van der Waals surface area contributed by atoms with Gasteiger partial charge in [-0.15, -0.1) is 0 Å². The van der Waals surface area contributed by atoms with Crippen LogP contribution < -0.4 is 16.2 Å². The second-order valence-corrected chi connectivity index (χ2v) is 4.33. The molecule has 0 unspecified atom stereocenters. The van der Waals surface area contributed by atoms with Gasteiger partial charge in [0, 0.05) is 51.0 Å². The number of aromatic amines is 1. The molecule has 1 aliphatic rings. The molecule has 2 rings (SSSR count). The summed E-state index contributed by atoms with van der Waals surface area (Å²) in [6.07, 6.45) is 0. The zero-order valence-corrected chi connectivity index (χ0v) is 10.1. The first-order valence-electron chi connectivity index (χ1n) is 5.94. The highest BCUT2D eigenvalue weighted by Crippen LogP contribution is 2.09. The molecule has 1 aromatic rings. The summed E-state index contributed by atoms with van der Waals surface area (Å²) in [6, 6.07) is 1.51. The minimum atomic E-state index is -0.0862. The van der Waals surface area contributed by atoms with Crippen molar-refractivity contribution in [2.45, 2.75) is 6.92 Å². The van der Waals surface area contributed by atoms with Crippen molar-refractivity contribution in [3.8, 4) is 0 Å². The highest BCUT2D eigenvalue weighted by molar-refractivity contribution is 5.30. The van der Waals surface area contributed by atoms with Gasteiger partial charge in [-0.05, 0) is 6.92 Å². The zero-order chi connectivity index (χ0) is 12.3. The van der Waals surface area contributed by atoms with Crippen molar-refractivity contribution >= 4 is 5.95 Å². The Balaban J connectivity index is 2.02. The lowest BCUT2D eigenvalue weighted by atomic mass is 10.3. The molecular formula is C11H19N5O. The second kappa shape index (κ2) is 5.29. The molecule has 0 radical (unpaired) electrons. The van der Waals surface area contributed by atoms with Gasteiger partial charge < -0.3 is 10.6 Å². The van der Waals surface area contributed by atoms with E-state index in [4.69, 9.17) is 5.73 Å². The lowest BCUT2D eigenvalue weighted by Crippen LogP contribution is -2.48. The van der Waals surface area contributed by atoms with E-state index in [-0.39, 0.29) is 5.56 Å². The Morgan fingerprint density at radius 3 is 2.71 bits per heavy atom. The molecule has 94 valence electrons. The van der Waals surface area contributed by atoms with E-state index in [9.17, 15) is 4.79 Å². The first-order valence-corrected chi connectivity index (χ1v) is 5.94. The number of nitrogens with two attached hydrogens (primary N) is 1. The Kier molecular flexibility index (Phi) is 3.75. The third-order valence-corrected chi connectivity index (χ3v) is 2.97. The molecule has 0 atom stereocenters. The molecule has 0 aromatic carbocycles. The molecule has 0 aliphatic carbocycles. The van der Waals surface area contributed by atoms with Crippen molar-refractivity contribution < 1.29 is 0 Å². The minimum Gasteiger partial charge on any atom is -0.340 e. The van der Waals surface area contributed by atoms with E-state index >= 15 is 0 Å². The highest BCUT2D eigenvalue weighted by Gasteiger charge is 2.17. The molecule has 2 heterocycles. The maximum absolute atomic E-state index is 11.4. The van der Waals surface area contributed by atoms with Gasteiger partial charge in [-0.25, -0.2) is 4.98 Å². The van der Waals surface area contributed by atoms with Crippen LogP contribution in [0.4, 0.5) is 5.95 Å². The minimum absolute atomic E-state index is 0.0862. The number of aryl methyl sites for hydroxylation is 1. The topological polar surface area (TPSA) is 78.2 Å². The van der Waals surface area contributed by atoms with Crippen LogP contribution in [0.5, 0.6) is 0 Å². The Labute approximate surface area is 100 Å². The molecule has 1 fully saturated rings. The summed E-state index contributed by atoms with van der Waals surface area (Å²) in [4.78, 5) is 22.9. The van der Waals surface area contributed by atoms with E-state index in [2.05, 4.69) is 19.8 Å². The first kappa shape index (κ1) is 12.1. The number of piperazine rings is 1. The standard InChI is InChI=1S/C11H19N5O/c1-9-8-10(17)14-11(13-9)16-6-4-15(3-2-12)5-7-16/h8H,2-7,12H2,1H3,(H,13,14,17). The monoisotopic (exact) mass is 237 g/mol. The number of nitrogens with one attached hydrogen (secondary N) is 1. The summed E-state index contributed by atoms with van der Waals surface area (Å²) in [5.74, 6) is 0.683. The van der Waals surface area contributed by atoms with Crippen molar-refractivity contribution in [1.82, 2.24) is 14.9 Å². The van der Waals surface area contributed by atoms with Gasteiger partial charge in [-0.3, -0.25) is 14.7 Å². The summed E-state index contributed by atoms with van der Waals surface area (Å²) < 4.78 is 0. The van der Waals surface area contributed by atoms with Crippen molar-refractivity contribution in [3.63, 3.8) is 0 Å². The maximum Gasteiger partial charge on any atom is 0.252 e. The Morgan fingerprint density at radius 2 is 2.12 bits per heavy atom. The molecule has 0 amide bonds. The van der Waals surface area contributed by atoms with Gasteiger partial charge >= 0.3 is 0 Å². The lowest BCUT2D eigenvalue weighted by molar-refractivity contribution is 0.263. The van der Waals surface area contributed by atoms with E-state index in [0.29, 0.717) is 12.5 Å². The average Bonchev–Trinajstić information content (AvgIpc) is 2.29. The lowest BCUT2D eigenvalue weighted by Gasteiger charge is -2.34. The van der Waals surface area contributed by atoms with Gasteiger partial charge in [0.2, 0.25) is 5.95 Å². The number of aromatic nitrogens is 2. The van der Waals surface area contributed by atoms with Crippen LogP contribution in [0.1, 0.15) is 5.69 Å². The van der Waals surface area contributed by atoms with Crippen molar-refractivity contribution in [2.75, 3.05) is 44.2 Å². The number of nitrogens with zero attached hydrogens (tertiary/aromatic N) is 3. The van der Waals surface area contributed by atoms with Crippen molar-refractivity contribution in [1.29, 1.82) is 0 Å². The molecule has 1 aliphatic heterocycles. The fourth-order valence-electron chi connectivity index (χ4n) is 2.08. The number of H-pyrrole nitrogens is 1.